The lowest BCUT2D eigenvalue weighted by Gasteiger charge is -2.36. The molecule has 150 valence electrons. The molecule has 28 heavy (non-hydrogen) atoms. The third-order valence-corrected chi connectivity index (χ3v) is 6.05. The standard InChI is InChI=1S/C20H28N6O2/c1-24-17(14-27)22-23-19(24)15-6-11-26(12-7-15)20(28)18(25-9-2-3-10-25)16-5-4-8-21-13-16/h4-5,8,13,15,18,27H,2-3,6-7,9-12,14H2,1H3. The number of likely N-dealkylation sites (tertiary alicyclic amines) is 2. The van der Waals surface area contributed by atoms with Gasteiger partial charge in [0.15, 0.2) is 5.82 Å². The first-order valence-electron chi connectivity index (χ1n) is 10.1. The molecule has 2 fully saturated rings. The van der Waals surface area contributed by atoms with Crippen molar-refractivity contribution in [2.75, 3.05) is 26.2 Å². The second-order valence-electron chi connectivity index (χ2n) is 7.72. The Kier molecular flexibility index (Phi) is 5.68. The summed E-state index contributed by atoms with van der Waals surface area (Å²) in [5, 5.41) is 17.6. The van der Waals surface area contributed by atoms with Gasteiger partial charge in [-0.05, 0) is 50.4 Å². The Morgan fingerprint density at radius 1 is 1.21 bits per heavy atom. The normalized spacial score (nSPS) is 19.9. The van der Waals surface area contributed by atoms with Gasteiger partial charge in [0.2, 0.25) is 5.91 Å². The Hall–Kier alpha value is -2.32. The van der Waals surface area contributed by atoms with Gasteiger partial charge < -0.3 is 14.6 Å². The van der Waals surface area contributed by atoms with E-state index >= 15 is 0 Å². The van der Waals surface area contributed by atoms with Gasteiger partial charge in [0.05, 0.1) is 0 Å². The SMILES string of the molecule is Cn1c(CO)nnc1C1CCN(C(=O)C(c2cccnc2)N2CCCC2)CC1. The van der Waals surface area contributed by atoms with Gasteiger partial charge in [-0.25, -0.2) is 0 Å². The Morgan fingerprint density at radius 3 is 2.57 bits per heavy atom. The molecule has 2 aliphatic heterocycles. The maximum atomic E-state index is 13.4. The number of pyridine rings is 1. The van der Waals surface area contributed by atoms with E-state index in [1.54, 1.807) is 6.20 Å². The largest absolute Gasteiger partial charge is 0.388 e. The first-order valence-corrected chi connectivity index (χ1v) is 10.1. The summed E-state index contributed by atoms with van der Waals surface area (Å²) in [7, 11) is 1.89. The predicted molar refractivity (Wildman–Crippen MR) is 103 cm³/mol. The maximum absolute atomic E-state index is 13.4. The molecule has 1 N–H and O–H groups in total. The molecule has 0 saturated carbocycles. The second-order valence-corrected chi connectivity index (χ2v) is 7.72. The van der Waals surface area contributed by atoms with Gasteiger partial charge in [-0.1, -0.05) is 6.07 Å². The first kappa shape index (κ1) is 19.0. The van der Waals surface area contributed by atoms with Gasteiger partial charge in [-0.2, -0.15) is 0 Å². The second kappa shape index (κ2) is 8.36. The lowest BCUT2D eigenvalue weighted by Crippen LogP contribution is -2.45. The molecule has 1 atom stereocenters. The number of aromatic nitrogens is 4. The van der Waals surface area contributed by atoms with Crippen LogP contribution >= 0.6 is 0 Å². The van der Waals surface area contributed by atoms with Crippen LogP contribution in [0.5, 0.6) is 0 Å². The van der Waals surface area contributed by atoms with Crippen LogP contribution in [-0.2, 0) is 18.4 Å². The van der Waals surface area contributed by atoms with Crippen molar-refractivity contribution in [2.24, 2.45) is 7.05 Å². The van der Waals surface area contributed by atoms with Crippen molar-refractivity contribution in [1.29, 1.82) is 0 Å². The van der Waals surface area contributed by atoms with Crippen LogP contribution in [0.15, 0.2) is 24.5 Å². The van der Waals surface area contributed by atoms with Gasteiger partial charge in [0.25, 0.3) is 0 Å². The molecule has 1 amide bonds. The van der Waals surface area contributed by atoms with Crippen LogP contribution in [-0.4, -0.2) is 66.7 Å². The first-order chi connectivity index (χ1) is 13.7. The number of amides is 1. The van der Waals surface area contributed by atoms with Crippen molar-refractivity contribution in [1.82, 2.24) is 29.5 Å². The lowest BCUT2D eigenvalue weighted by molar-refractivity contribution is -0.138. The van der Waals surface area contributed by atoms with E-state index in [1.807, 2.05) is 34.8 Å². The zero-order valence-corrected chi connectivity index (χ0v) is 16.4. The number of aliphatic hydroxyl groups excluding tert-OH is 1. The van der Waals surface area contributed by atoms with Gasteiger partial charge in [0, 0.05) is 38.4 Å². The number of rotatable bonds is 5. The fourth-order valence-electron chi connectivity index (χ4n) is 4.45. The Balaban J connectivity index is 1.46. The highest BCUT2D eigenvalue weighted by molar-refractivity contribution is 5.83. The van der Waals surface area contributed by atoms with E-state index in [-0.39, 0.29) is 24.5 Å². The van der Waals surface area contributed by atoms with Gasteiger partial charge >= 0.3 is 0 Å². The van der Waals surface area contributed by atoms with Gasteiger partial charge in [-0.3, -0.25) is 14.7 Å². The van der Waals surface area contributed by atoms with Crippen molar-refractivity contribution >= 4 is 5.91 Å². The van der Waals surface area contributed by atoms with E-state index in [9.17, 15) is 9.90 Å². The Bertz CT molecular complexity index is 794. The van der Waals surface area contributed by atoms with E-state index in [1.165, 1.54) is 0 Å². The van der Waals surface area contributed by atoms with E-state index in [2.05, 4.69) is 20.1 Å². The predicted octanol–water partition coefficient (Wildman–Crippen LogP) is 1.25. The molecule has 2 aliphatic rings. The lowest BCUT2D eigenvalue weighted by atomic mass is 9.94. The molecule has 8 heteroatoms. The van der Waals surface area contributed by atoms with Crippen LogP contribution < -0.4 is 0 Å². The topological polar surface area (TPSA) is 87.4 Å². The van der Waals surface area contributed by atoms with Crippen LogP contribution in [0, 0.1) is 0 Å². The zero-order valence-electron chi connectivity index (χ0n) is 16.4. The summed E-state index contributed by atoms with van der Waals surface area (Å²) in [5.41, 5.74) is 0.984. The molecule has 8 nitrogen and oxygen atoms in total. The van der Waals surface area contributed by atoms with E-state index < -0.39 is 0 Å². The number of nitrogens with zero attached hydrogens (tertiary/aromatic N) is 6. The third-order valence-electron chi connectivity index (χ3n) is 6.05. The smallest absolute Gasteiger partial charge is 0.244 e. The minimum atomic E-state index is -0.233. The number of hydrogen-bond acceptors (Lipinski definition) is 6. The maximum Gasteiger partial charge on any atom is 0.244 e. The van der Waals surface area contributed by atoms with Crippen molar-refractivity contribution < 1.29 is 9.90 Å². The monoisotopic (exact) mass is 384 g/mol. The van der Waals surface area contributed by atoms with Crippen LogP contribution in [0.3, 0.4) is 0 Å². The summed E-state index contributed by atoms with van der Waals surface area (Å²) in [4.78, 5) is 22.0. The zero-order chi connectivity index (χ0) is 19.5. The fraction of sp³-hybridized carbons (Fsp3) is 0.600. The summed E-state index contributed by atoms with van der Waals surface area (Å²) in [6.45, 7) is 3.25. The molecule has 0 aliphatic carbocycles. The summed E-state index contributed by atoms with van der Waals surface area (Å²) in [6, 6.07) is 3.69. The summed E-state index contributed by atoms with van der Waals surface area (Å²) >= 11 is 0. The summed E-state index contributed by atoms with van der Waals surface area (Å²) < 4.78 is 1.88. The van der Waals surface area contributed by atoms with E-state index in [0.29, 0.717) is 5.82 Å². The molecule has 0 aromatic carbocycles. The van der Waals surface area contributed by atoms with Gasteiger partial charge in [0.1, 0.15) is 18.5 Å². The molecule has 4 rings (SSSR count). The number of piperidine rings is 1. The third kappa shape index (κ3) is 3.66. The van der Waals surface area contributed by atoms with Crippen molar-refractivity contribution in [3.8, 4) is 0 Å². The highest BCUT2D eigenvalue weighted by Gasteiger charge is 2.35. The quantitative estimate of drug-likeness (QED) is 0.835. The van der Waals surface area contributed by atoms with Crippen molar-refractivity contribution in [3.63, 3.8) is 0 Å². The van der Waals surface area contributed by atoms with Crippen LogP contribution in [0.2, 0.25) is 0 Å². The Morgan fingerprint density at radius 2 is 1.96 bits per heavy atom. The average molecular weight is 384 g/mol. The molecular formula is C20H28N6O2. The minimum absolute atomic E-state index is 0.108. The number of carbonyl (C=O) groups is 1. The van der Waals surface area contributed by atoms with E-state index in [0.717, 1.165) is 63.3 Å². The molecule has 2 aromatic rings. The molecule has 0 spiro atoms. The minimum Gasteiger partial charge on any atom is -0.388 e. The van der Waals surface area contributed by atoms with Crippen LogP contribution in [0.25, 0.3) is 0 Å². The van der Waals surface area contributed by atoms with Crippen molar-refractivity contribution in [2.45, 2.75) is 44.2 Å². The highest BCUT2D eigenvalue weighted by Crippen LogP contribution is 2.31. The Labute approximate surface area is 165 Å². The summed E-state index contributed by atoms with van der Waals surface area (Å²) in [5.74, 6) is 1.94. The van der Waals surface area contributed by atoms with Crippen LogP contribution in [0.1, 0.15) is 54.9 Å². The van der Waals surface area contributed by atoms with Crippen molar-refractivity contribution in [3.05, 3.63) is 41.7 Å². The molecular weight excluding hydrogens is 356 g/mol. The fourth-order valence-corrected chi connectivity index (χ4v) is 4.45. The molecule has 2 aromatic heterocycles. The molecule has 1 unspecified atom stereocenters. The van der Waals surface area contributed by atoms with E-state index in [4.69, 9.17) is 0 Å². The highest BCUT2D eigenvalue weighted by atomic mass is 16.3. The molecule has 0 radical (unpaired) electrons. The summed E-state index contributed by atoms with van der Waals surface area (Å²) in [6.07, 6.45) is 7.59. The van der Waals surface area contributed by atoms with Crippen LogP contribution in [0.4, 0.5) is 0 Å². The number of hydrogen-bond donors (Lipinski definition) is 1. The molecule has 4 heterocycles. The van der Waals surface area contributed by atoms with Gasteiger partial charge in [-0.15, -0.1) is 10.2 Å². The number of aliphatic hydroxyl groups is 1. The number of carbonyl (C=O) groups excluding carboxylic acids is 1. The molecule has 2 saturated heterocycles. The average Bonchev–Trinajstić information content (AvgIpc) is 3.39. The molecule has 0 bridgehead atoms.